The van der Waals surface area contributed by atoms with Crippen LogP contribution in [0, 0.1) is 0 Å². The lowest BCUT2D eigenvalue weighted by molar-refractivity contribution is 0.184. The average molecular weight is 335 g/mol. The fourth-order valence-corrected chi connectivity index (χ4v) is 5.69. The standard InChI is InChI=1S/C16H25N5OS/c22-15(17-11-14-19-18-13-5-4-8-21(13)14)20-9-10-23-16(12-20)6-2-1-3-7-16/h1-12H2,(H,17,22). The Labute approximate surface area is 141 Å². The molecule has 23 heavy (non-hydrogen) atoms. The number of hydrogen-bond acceptors (Lipinski definition) is 4. The van der Waals surface area contributed by atoms with E-state index < -0.39 is 0 Å². The molecule has 0 radical (unpaired) electrons. The first-order valence-electron chi connectivity index (χ1n) is 8.83. The zero-order chi connectivity index (χ0) is 15.7. The van der Waals surface area contributed by atoms with Gasteiger partial charge in [0.25, 0.3) is 0 Å². The van der Waals surface area contributed by atoms with Gasteiger partial charge in [0.2, 0.25) is 0 Å². The molecule has 3 heterocycles. The first-order valence-corrected chi connectivity index (χ1v) is 9.82. The first kappa shape index (κ1) is 15.3. The Bertz CT molecular complexity index is 576. The molecule has 1 aromatic rings. The summed E-state index contributed by atoms with van der Waals surface area (Å²) >= 11 is 2.09. The van der Waals surface area contributed by atoms with Crippen LogP contribution in [0.15, 0.2) is 0 Å². The van der Waals surface area contributed by atoms with E-state index in [1.807, 2.05) is 4.90 Å². The lowest BCUT2D eigenvalue weighted by Crippen LogP contribution is -2.52. The largest absolute Gasteiger partial charge is 0.331 e. The lowest BCUT2D eigenvalue weighted by atomic mass is 9.87. The molecule has 2 fully saturated rings. The molecule has 0 unspecified atom stereocenters. The molecule has 1 aromatic heterocycles. The zero-order valence-electron chi connectivity index (χ0n) is 13.6. The predicted molar refractivity (Wildman–Crippen MR) is 90.4 cm³/mol. The van der Waals surface area contributed by atoms with Crippen LogP contribution in [0.1, 0.15) is 50.2 Å². The van der Waals surface area contributed by atoms with E-state index in [0.717, 1.165) is 49.9 Å². The summed E-state index contributed by atoms with van der Waals surface area (Å²) in [4.78, 5) is 14.6. The van der Waals surface area contributed by atoms with Gasteiger partial charge >= 0.3 is 6.03 Å². The van der Waals surface area contributed by atoms with Gasteiger partial charge in [0.1, 0.15) is 5.82 Å². The van der Waals surface area contributed by atoms with Gasteiger partial charge in [-0.3, -0.25) is 0 Å². The number of nitrogens with zero attached hydrogens (tertiary/aromatic N) is 4. The van der Waals surface area contributed by atoms with Crippen LogP contribution in [0.4, 0.5) is 4.79 Å². The minimum absolute atomic E-state index is 0.0607. The monoisotopic (exact) mass is 335 g/mol. The molecule has 4 rings (SSSR count). The second-order valence-electron chi connectivity index (χ2n) is 6.96. The SMILES string of the molecule is O=C(NCc1nnc2n1CCC2)N1CCSC2(CCCCC2)C1. The topological polar surface area (TPSA) is 63.1 Å². The van der Waals surface area contributed by atoms with Crippen LogP contribution in [0.25, 0.3) is 0 Å². The maximum atomic E-state index is 12.6. The number of rotatable bonds is 2. The van der Waals surface area contributed by atoms with Crippen molar-refractivity contribution in [3.8, 4) is 0 Å². The normalized spacial score (nSPS) is 23.0. The van der Waals surface area contributed by atoms with Gasteiger partial charge in [-0.2, -0.15) is 11.8 Å². The van der Waals surface area contributed by atoms with Crippen molar-refractivity contribution < 1.29 is 4.79 Å². The summed E-state index contributed by atoms with van der Waals surface area (Å²) in [5, 5.41) is 11.5. The van der Waals surface area contributed by atoms with Gasteiger partial charge in [0.05, 0.1) is 6.54 Å². The lowest BCUT2D eigenvalue weighted by Gasteiger charge is -2.44. The van der Waals surface area contributed by atoms with E-state index in [2.05, 4.69) is 31.8 Å². The van der Waals surface area contributed by atoms with E-state index in [-0.39, 0.29) is 6.03 Å². The molecular weight excluding hydrogens is 310 g/mol. The van der Waals surface area contributed by atoms with Crippen molar-refractivity contribution in [1.29, 1.82) is 0 Å². The molecule has 0 atom stereocenters. The molecule has 2 amide bonds. The predicted octanol–water partition coefficient (Wildman–Crippen LogP) is 2.19. The van der Waals surface area contributed by atoms with Crippen molar-refractivity contribution in [2.45, 2.75) is 62.8 Å². The Morgan fingerprint density at radius 3 is 2.91 bits per heavy atom. The number of nitrogens with one attached hydrogen (secondary N) is 1. The van der Waals surface area contributed by atoms with E-state index in [0.29, 0.717) is 11.3 Å². The van der Waals surface area contributed by atoms with Crippen LogP contribution in [-0.4, -0.2) is 49.3 Å². The molecule has 2 aliphatic heterocycles. The number of fused-ring (bicyclic) bond motifs is 1. The molecule has 1 N–H and O–H groups in total. The van der Waals surface area contributed by atoms with Gasteiger partial charge in [0, 0.05) is 36.6 Å². The number of urea groups is 1. The van der Waals surface area contributed by atoms with Crippen molar-refractivity contribution in [3.63, 3.8) is 0 Å². The summed E-state index contributed by atoms with van der Waals surface area (Å²) in [6, 6.07) is 0.0607. The fraction of sp³-hybridized carbons (Fsp3) is 0.812. The smallest absolute Gasteiger partial charge is 0.317 e. The summed E-state index contributed by atoms with van der Waals surface area (Å²) in [6.45, 7) is 3.23. The van der Waals surface area contributed by atoms with Crippen molar-refractivity contribution in [3.05, 3.63) is 11.6 Å². The van der Waals surface area contributed by atoms with Gasteiger partial charge < -0.3 is 14.8 Å². The van der Waals surface area contributed by atoms with E-state index in [1.54, 1.807) is 0 Å². The molecule has 1 saturated carbocycles. The van der Waals surface area contributed by atoms with Crippen molar-refractivity contribution in [1.82, 2.24) is 25.0 Å². The van der Waals surface area contributed by atoms with Gasteiger partial charge in [0.15, 0.2) is 5.82 Å². The number of aromatic nitrogens is 3. The van der Waals surface area contributed by atoms with E-state index in [4.69, 9.17) is 0 Å². The van der Waals surface area contributed by atoms with Gasteiger partial charge in [-0.15, -0.1) is 10.2 Å². The van der Waals surface area contributed by atoms with Crippen molar-refractivity contribution in [2.75, 3.05) is 18.8 Å². The maximum absolute atomic E-state index is 12.6. The Kier molecular flexibility index (Phi) is 4.22. The number of thioether (sulfide) groups is 1. The number of hydrogen-bond donors (Lipinski definition) is 1. The fourth-order valence-electron chi connectivity index (χ4n) is 4.12. The Hall–Kier alpha value is -1.24. The van der Waals surface area contributed by atoms with Crippen LogP contribution in [0.5, 0.6) is 0 Å². The molecule has 1 spiro atoms. The second kappa shape index (κ2) is 6.34. The van der Waals surface area contributed by atoms with Gasteiger partial charge in [-0.1, -0.05) is 19.3 Å². The summed E-state index contributed by atoms with van der Waals surface area (Å²) in [5.74, 6) is 3.02. The molecule has 0 bridgehead atoms. The Morgan fingerprint density at radius 1 is 1.17 bits per heavy atom. The van der Waals surface area contributed by atoms with Crippen LogP contribution in [0.2, 0.25) is 0 Å². The molecule has 3 aliphatic rings. The van der Waals surface area contributed by atoms with Crippen LogP contribution >= 0.6 is 11.8 Å². The van der Waals surface area contributed by atoms with E-state index >= 15 is 0 Å². The van der Waals surface area contributed by atoms with Gasteiger partial charge in [-0.05, 0) is 19.3 Å². The molecule has 7 heteroatoms. The van der Waals surface area contributed by atoms with Crippen molar-refractivity contribution >= 4 is 17.8 Å². The molecule has 1 aliphatic carbocycles. The van der Waals surface area contributed by atoms with Crippen LogP contribution in [0.3, 0.4) is 0 Å². The molecule has 0 aromatic carbocycles. The minimum Gasteiger partial charge on any atom is -0.331 e. The highest BCUT2D eigenvalue weighted by atomic mass is 32.2. The van der Waals surface area contributed by atoms with Crippen LogP contribution in [-0.2, 0) is 19.5 Å². The summed E-state index contributed by atoms with van der Waals surface area (Å²) < 4.78 is 2.47. The van der Waals surface area contributed by atoms with Gasteiger partial charge in [-0.25, -0.2) is 4.79 Å². The summed E-state index contributed by atoms with van der Waals surface area (Å²) in [5.41, 5.74) is 0. The summed E-state index contributed by atoms with van der Waals surface area (Å²) in [7, 11) is 0. The Balaban J connectivity index is 1.35. The average Bonchev–Trinajstić information content (AvgIpc) is 3.17. The molecule has 6 nitrogen and oxygen atoms in total. The van der Waals surface area contributed by atoms with Crippen LogP contribution < -0.4 is 5.32 Å². The maximum Gasteiger partial charge on any atom is 0.317 e. The second-order valence-corrected chi connectivity index (χ2v) is 8.52. The quantitative estimate of drug-likeness (QED) is 0.900. The zero-order valence-corrected chi connectivity index (χ0v) is 14.4. The van der Waals surface area contributed by atoms with Crippen molar-refractivity contribution in [2.24, 2.45) is 0 Å². The van der Waals surface area contributed by atoms with E-state index in [9.17, 15) is 4.79 Å². The third kappa shape index (κ3) is 3.07. The number of aryl methyl sites for hydroxylation is 1. The Morgan fingerprint density at radius 2 is 2.04 bits per heavy atom. The first-order chi connectivity index (χ1) is 11.3. The third-order valence-electron chi connectivity index (χ3n) is 5.38. The molecule has 126 valence electrons. The number of carbonyl (C=O) groups is 1. The number of carbonyl (C=O) groups excluding carboxylic acids is 1. The van der Waals surface area contributed by atoms with E-state index in [1.165, 1.54) is 32.1 Å². The summed E-state index contributed by atoms with van der Waals surface area (Å²) in [6.07, 6.45) is 8.65. The highest BCUT2D eigenvalue weighted by Crippen LogP contribution is 2.42. The highest BCUT2D eigenvalue weighted by molar-refractivity contribution is 8.00. The molecular formula is C16H25N5OS. The molecule has 1 saturated heterocycles. The highest BCUT2D eigenvalue weighted by Gasteiger charge is 2.38. The number of amides is 2. The third-order valence-corrected chi connectivity index (χ3v) is 6.92. The minimum atomic E-state index is 0.0607.